The van der Waals surface area contributed by atoms with E-state index in [-0.39, 0.29) is 33.5 Å². The van der Waals surface area contributed by atoms with Gasteiger partial charge >= 0.3 is 0 Å². The third-order valence-electron chi connectivity index (χ3n) is 4.21. The van der Waals surface area contributed by atoms with Crippen molar-refractivity contribution in [2.24, 2.45) is 10.7 Å². The predicted molar refractivity (Wildman–Crippen MR) is 102 cm³/mol. The maximum absolute atomic E-state index is 14.5. The molecule has 1 aliphatic heterocycles. The van der Waals surface area contributed by atoms with Crippen LogP contribution >= 0.6 is 11.8 Å². The van der Waals surface area contributed by atoms with Crippen LogP contribution in [0.4, 0.5) is 13.2 Å². The van der Waals surface area contributed by atoms with Crippen molar-refractivity contribution < 1.29 is 18.0 Å². The summed E-state index contributed by atoms with van der Waals surface area (Å²) in [5.41, 5.74) is 5.73. The Bertz CT molecular complexity index is 976. The molecule has 0 fully saturated rings. The minimum absolute atomic E-state index is 0.0412. The van der Waals surface area contributed by atoms with Crippen molar-refractivity contribution >= 4 is 22.7 Å². The molecule has 28 heavy (non-hydrogen) atoms. The van der Waals surface area contributed by atoms with Crippen LogP contribution in [0.25, 0.3) is 0 Å². The minimum Gasteiger partial charge on any atom is -0.378 e. The first-order valence-corrected chi connectivity index (χ1v) is 9.14. The van der Waals surface area contributed by atoms with Gasteiger partial charge in [-0.05, 0) is 37.6 Å². The number of allylic oxidation sites excluding steroid dienone is 1. The fourth-order valence-corrected chi connectivity index (χ4v) is 3.69. The average Bonchev–Trinajstić information content (AvgIpc) is 2.63. The highest BCUT2D eigenvalue weighted by Gasteiger charge is 2.34. The number of carbonyl (C=O) groups is 1. The number of aliphatic imine (C=N–C) groups is 1. The fourth-order valence-electron chi connectivity index (χ4n) is 2.84. The molecule has 1 aliphatic rings. The van der Waals surface area contributed by atoms with Crippen molar-refractivity contribution in [3.8, 4) is 0 Å². The molecule has 0 amide bonds. The second kappa shape index (κ2) is 7.75. The molecule has 0 saturated carbocycles. The Labute approximate surface area is 164 Å². The van der Waals surface area contributed by atoms with E-state index < -0.39 is 17.8 Å². The zero-order valence-corrected chi connectivity index (χ0v) is 15.9. The van der Waals surface area contributed by atoms with E-state index >= 15 is 0 Å². The van der Waals surface area contributed by atoms with Gasteiger partial charge in [-0.2, -0.15) is 0 Å². The zero-order chi connectivity index (χ0) is 20.5. The molecule has 9 heteroatoms. The molecule has 0 bridgehead atoms. The first kappa shape index (κ1) is 20.1. The molecule has 5 nitrogen and oxygen atoms in total. The van der Waals surface area contributed by atoms with Crippen molar-refractivity contribution in [1.82, 2.24) is 9.97 Å². The molecule has 2 heterocycles. The van der Waals surface area contributed by atoms with E-state index in [1.165, 1.54) is 43.6 Å². The van der Waals surface area contributed by atoms with E-state index in [0.29, 0.717) is 23.0 Å². The summed E-state index contributed by atoms with van der Waals surface area (Å²) in [6.45, 7) is 3.25. The molecule has 0 radical (unpaired) electrons. The van der Waals surface area contributed by atoms with Crippen molar-refractivity contribution in [2.45, 2.75) is 32.2 Å². The third kappa shape index (κ3) is 4.24. The Hall–Kier alpha value is -2.68. The quantitative estimate of drug-likeness (QED) is 0.765. The monoisotopic (exact) mass is 406 g/mol. The molecular weight excluding hydrogens is 389 g/mol. The van der Waals surface area contributed by atoms with Gasteiger partial charge in [-0.1, -0.05) is 17.8 Å². The molecular formula is C19H17F3N4OS. The van der Waals surface area contributed by atoms with Gasteiger partial charge in [-0.25, -0.2) is 23.1 Å². The molecule has 1 aromatic heterocycles. The second-order valence-electron chi connectivity index (χ2n) is 6.50. The van der Waals surface area contributed by atoms with Crippen molar-refractivity contribution in [3.63, 3.8) is 0 Å². The van der Waals surface area contributed by atoms with Crippen molar-refractivity contribution in [1.29, 1.82) is 0 Å². The molecule has 2 aromatic rings. The molecule has 0 aliphatic carbocycles. The van der Waals surface area contributed by atoms with Crippen LogP contribution in [0.3, 0.4) is 0 Å². The second-order valence-corrected chi connectivity index (χ2v) is 7.60. The largest absolute Gasteiger partial charge is 0.378 e. The van der Waals surface area contributed by atoms with Crippen LogP contribution in [0.1, 0.15) is 34.2 Å². The van der Waals surface area contributed by atoms with Gasteiger partial charge in [0.2, 0.25) is 0 Å². The maximum atomic E-state index is 14.5. The highest BCUT2D eigenvalue weighted by atomic mass is 32.2. The number of Topliss-reactive ketones (excluding diaryl/α,β-unsaturated/α-hetero) is 1. The molecule has 2 N–H and O–H groups in total. The maximum Gasteiger partial charge on any atom is 0.269 e. The van der Waals surface area contributed by atoms with Gasteiger partial charge in [0.25, 0.3) is 6.43 Å². The lowest BCUT2D eigenvalue weighted by Gasteiger charge is -2.28. The predicted octanol–water partition coefficient (Wildman–Crippen LogP) is 3.78. The molecule has 0 spiro atoms. The van der Waals surface area contributed by atoms with Crippen LogP contribution in [-0.2, 0) is 12.0 Å². The SMILES string of the molecule is Cc1cnc(C(=O)Cc2ccc(F)c([C@]3(C)C=C(C(F)F)SC(N)=N3)c2)cn1. The summed E-state index contributed by atoms with van der Waals surface area (Å²) >= 11 is 0.658. The van der Waals surface area contributed by atoms with Crippen LogP contribution in [0.5, 0.6) is 0 Å². The lowest BCUT2D eigenvalue weighted by molar-refractivity contribution is 0.0987. The number of ketones is 1. The topological polar surface area (TPSA) is 81.2 Å². The van der Waals surface area contributed by atoms with Gasteiger partial charge < -0.3 is 5.73 Å². The summed E-state index contributed by atoms with van der Waals surface area (Å²) in [7, 11) is 0. The van der Waals surface area contributed by atoms with Crippen LogP contribution in [0.15, 0.2) is 46.6 Å². The summed E-state index contributed by atoms with van der Waals surface area (Å²) in [5.74, 6) is -0.914. The lowest BCUT2D eigenvalue weighted by atomic mass is 9.89. The highest BCUT2D eigenvalue weighted by molar-refractivity contribution is 8.17. The first-order valence-electron chi connectivity index (χ1n) is 8.33. The minimum atomic E-state index is -2.74. The highest BCUT2D eigenvalue weighted by Crippen LogP contribution is 2.39. The standard InChI is InChI=1S/C19H17F3N4OS/c1-10-8-25-14(9-24-10)15(27)6-11-3-4-13(20)12(5-11)19(2)7-16(17(21)22)28-18(23)26-19/h3-5,7-9,17H,6H2,1-2H3,(H2,23,26)/t19-/m0/s1. The number of alkyl halides is 2. The fraction of sp³-hybridized carbons (Fsp3) is 0.263. The Morgan fingerprint density at radius 3 is 2.68 bits per heavy atom. The molecule has 3 rings (SSSR count). The van der Waals surface area contributed by atoms with E-state index in [9.17, 15) is 18.0 Å². The number of nitrogens with zero attached hydrogens (tertiary/aromatic N) is 3. The number of hydrogen-bond acceptors (Lipinski definition) is 6. The normalized spacial score (nSPS) is 19.4. The van der Waals surface area contributed by atoms with Crippen LogP contribution in [0, 0.1) is 12.7 Å². The Balaban J connectivity index is 1.94. The molecule has 1 aromatic carbocycles. The molecule has 1 atom stereocenters. The lowest BCUT2D eigenvalue weighted by Crippen LogP contribution is -2.27. The number of halogens is 3. The van der Waals surface area contributed by atoms with Crippen LogP contribution in [0.2, 0.25) is 0 Å². The number of carbonyl (C=O) groups excluding carboxylic acids is 1. The summed E-state index contributed by atoms with van der Waals surface area (Å²) < 4.78 is 40.9. The number of benzene rings is 1. The number of amidine groups is 1. The molecule has 146 valence electrons. The first-order chi connectivity index (χ1) is 13.2. The van der Waals surface area contributed by atoms with Crippen molar-refractivity contribution in [2.75, 3.05) is 0 Å². The van der Waals surface area contributed by atoms with Gasteiger partial charge in [-0.15, -0.1) is 0 Å². The summed E-state index contributed by atoms with van der Waals surface area (Å²) in [4.78, 5) is 24.4. The molecule has 0 unspecified atom stereocenters. The Morgan fingerprint density at radius 1 is 1.29 bits per heavy atom. The van der Waals surface area contributed by atoms with Gasteiger partial charge in [0.15, 0.2) is 11.0 Å². The average molecular weight is 406 g/mol. The van der Waals surface area contributed by atoms with Gasteiger partial charge in [0, 0.05) is 18.2 Å². The summed E-state index contributed by atoms with van der Waals surface area (Å²) in [6.07, 6.45) is 1.28. The number of thioether (sulfide) groups is 1. The van der Waals surface area contributed by atoms with E-state index in [1.54, 1.807) is 6.92 Å². The van der Waals surface area contributed by atoms with E-state index in [2.05, 4.69) is 15.0 Å². The van der Waals surface area contributed by atoms with E-state index in [0.717, 1.165) is 0 Å². The number of aryl methyl sites for hydroxylation is 1. The van der Waals surface area contributed by atoms with Gasteiger partial charge in [0.05, 0.1) is 16.8 Å². The number of rotatable bonds is 5. The third-order valence-corrected chi connectivity index (χ3v) is 5.04. The zero-order valence-electron chi connectivity index (χ0n) is 15.1. The Kier molecular flexibility index (Phi) is 5.55. The number of nitrogens with two attached hydrogens (primary N) is 1. The number of aromatic nitrogens is 2. The van der Waals surface area contributed by atoms with Crippen LogP contribution < -0.4 is 5.73 Å². The van der Waals surface area contributed by atoms with Crippen LogP contribution in [-0.4, -0.2) is 27.3 Å². The number of hydrogen-bond donors (Lipinski definition) is 1. The van der Waals surface area contributed by atoms with Gasteiger partial charge in [-0.3, -0.25) is 9.78 Å². The van der Waals surface area contributed by atoms with Crippen molar-refractivity contribution in [3.05, 3.63) is 69.9 Å². The summed E-state index contributed by atoms with van der Waals surface area (Å²) in [6, 6.07) is 4.10. The smallest absolute Gasteiger partial charge is 0.269 e. The van der Waals surface area contributed by atoms with E-state index in [4.69, 9.17) is 5.73 Å². The summed E-state index contributed by atoms with van der Waals surface area (Å²) in [5, 5.41) is -0.0730. The van der Waals surface area contributed by atoms with E-state index in [1.807, 2.05) is 0 Å². The van der Waals surface area contributed by atoms with Gasteiger partial charge in [0.1, 0.15) is 17.1 Å². The Morgan fingerprint density at radius 2 is 2.04 bits per heavy atom. The molecule has 0 saturated heterocycles.